The molecule has 5 nitrogen and oxygen atoms in total. The van der Waals surface area contributed by atoms with Crippen LogP contribution >= 0.6 is 0 Å². The van der Waals surface area contributed by atoms with E-state index in [-0.39, 0.29) is 17.8 Å². The minimum absolute atomic E-state index is 0.132. The summed E-state index contributed by atoms with van der Waals surface area (Å²) in [6.07, 6.45) is 1.31. The molecule has 16 heavy (non-hydrogen) atoms. The first-order valence-corrected chi connectivity index (χ1v) is 4.56. The van der Waals surface area contributed by atoms with Crippen LogP contribution in [0, 0.1) is 0 Å². The number of para-hydroxylation sites is 1. The van der Waals surface area contributed by atoms with Crippen molar-refractivity contribution < 1.29 is 9.53 Å². The van der Waals surface area contributed by atoms with Crippen molar-refractivity contribution >= 4 is 6.47 Å². The van der Waals surface area contributed by atoms with Crippen molar-refractivity contribution in [3.05, 3.63) is 52.9 Å². The SMILES string of the molecule is O=COc1cnn(-c2ccccc2)c(=O)c1. The molecule has 1 aromatic heterocycles. The molecule has 0 saturated heterocycles. The van der Waals surface area contributed by atoms with Gasteiger partial charge >= 0.3 is 0 Å². The molecule has 0 fully saturated rings. The molecule has 0 unspecified atom stereocenters. The fourth-order valence-corrected chi connectivity index (χ4v) is 1.27. The van der Waals surface area contributed by atoms with Gasteiger partial charge < -0.3 is 4.74 Å². The monoisotopic (exact) mass is 216 g/mol. The molecular weight excluding hydrogens is 208 g/mol. The second kappa shape index (κ2) is 4.39. The number of rotatable bonds is 3. The van der Waals surface area contributed by atoms with E-state index < -0.39 is 0 Å². The molecule has 2 rings (SSSR count). The van der Waals surface area contributed by atoms with Crippen molar-refractivity contribution in [3.8, 4) is 11.4 Å². The fraction of sp³-hybridized carbons (Fsp3) is 0. The molecule has 0 aliphatic heterocycles. The van der Waals surface area contributed by atoms with Crippen LogP contribution in [0.4, 0.5) is 0 Å². The first-order chi connectivity index (χ1) is 7.81. The van der Waals surface area contributed by atoms with E-state index in [2.05, 4.69) is 9.84 Å². The van der Waals surface area contributed by atoms with Gasteiger partial charge in [0, 0.05) is 6.07 Å². The zero-order valence-corrected chi connectivity index (χ0v) is 8.24. The summed E-state index contributed by atoms with van der Waals surface area (Å²) in [5, 5.41) is 3.89. The summed E-state index contributed by atoms with van der Waals surface area (Å²) < 4.78 is 5.74. The fourth-order valence-electron chi connectivity index (χ4n) is 1.27. The number of ether oxygens (including phenoxy) is 1. The normalized spacial score (nSPS) is 9.75. The van der Waals surface area contributed by atoms with Crippen LogP contribution in [0.1, 0.15) is 0 Å². The maximum Gasteiger partial charge on any atom is 0.298 e. The Morgan fingerprint density at radius 1 is 1.25 bits per heavy atom. The van der Waals surface area contributed by atoms with Gasteiger partial charge in [0.05, 0.1) is 11.9 Å². The molecule has 0 atom stereocenters. The summed E-state index contributed by atoms with van der Waals surface area (Å²) in [4.78, 5) is 21.7. The second-order valence-electron chi connectivity index (χ2n) is 2.99. The molecule has 0 amide bonds. The number of hydrogen-bond acceptors (Lipinski definition) is 4. The van der Waals surface area contributed by atoms with Crippen LogP contribution in [-0.2, 0) is 4.79 Å². The zero-order chi connectivity index (χ0) is 11.4. The highest BCUT2D eigenvalue weighted by atomic mass is 16.5. The highest BCUT2D eigenvalue weighted by Gasteiger charge is 2.02. The predicted octanol–water partition coefficient (Wildman–Crippen LogP) is 0.768. The van der Waals surface area contributed by atoms with Gasteiger partial charge in [-0.15, -0.1) is 0 Å². The minimum Gasteiger partial charge on any atom is -0.427 e. The third kappa shape index (κ3) is 1.98. The Bertz CT molecular complexity index is 549. The average molecular weight is 216 g/mol. The quantitative estimate of drug-likeness (QED) is 0.711. The van der Waals surface area contributed by atoms with Gasteiger partial charge in [0.2, 0.25) is 0 Å². The molecule has 5 heteroatoms. The molecule has 0 spiro atoms. The number of aromatic nitrogens is 2. The highest BCUT2D eigenvalue weighted by Crippen LogP contribution is 2.05. The third-order valence-electron chi connectivity index (χ3n) is 1.96. The van der Waals surface area contributed by atoms with Gasteiger partial charge in [-0.05, 0) is 12.1 Å². The van der Waals surface area contributed by atoms with Crippen molar-refractivity contribution in [3.63, 3.8) is 0 Å². The van der Waals surface area contributed by atoms with Crippen molar-refractivity contribution in [1.82, 2.24) is 9.78 Å². The van der Waals surface area contributed by atoms with Crippen molar-refractivity contribution in [2.24, 2.45) is 0 Å². The number of benzene rings is 1. The molecule has 1 heterocycles. The highest BCUT2D eigenvalue weighted by molar-refractivity contribution is 5.44. The van der Waals surface area contributed by atoms with E-state index >= 15 is 0 Å². The van der Waals surface area contributed by atoms with Crippen LogP contribution in [0.25, 0.3) is 5.69 Å². The molecular formula is C11H8N2O3. The van der Waals surface area contributed by atoms with Crippen LogP contribution in [0.15, 0.2) is 47.4 Å². The standard InChI is InChI=1S/C11H8N2O3/c14-8-16-10-6-11(15)13(12-7-10)9-4-2-1-3-5-9/h1-8H. The smallest absolute Gasteiger partial charge is 0.298 e. The van der Waals surface area contributed by atoms with Crippen molar-refractivity contribution in [2.45, 2.75) is 0 Å². The summed E-state index contributed by atoms with van der Waals surface area (Å²) in [5.74, 6) is 0.132. The summed E-state index contributed by atoms with van der Waals surface area (Å²) in [5.41, 5.74) is 0.302. The first-order valence-electron chi connectivity index (χ1n) is 4.56. The van der Waals surface area contributed by atoms with Gasteiger partial charge in [-0.3, -0.25) is 9.59 Å². The number of carbonyl (C=O) groups is 1. The maximum atomic E-state index is 11.6. The lowest BCUT2D eigenvalue weighted by molar-refractivity contribution is -0.120. The van der Waals surface area contributed by atoms with Gasteiger partial charge in [0.25, 0.3) is 12.0 Å². The molecule has 1 aromatic carbocycles. The predicted molar refractivity (Wildman–Crippen MR) is 56.5 cm³/mol. The van der Waals surface area contributed by atoms with E-state index in [1.54, 1.807) is 24.3 Å². The van der Waals surface area contributed by atoms with Gasteiger partial charge in [-0.1, -0.05) is 18.2 Å². The van der Waals surface area contributed by atoms with Gasteiger partial charge in [0.1, 0.15) is 0 Å². The molecule has 0 N–H and O–H groups in total. The minimum atomic E-state index is -0.356. The molecule has 0 aliphatic carbocycles. The second-order valence-corrected chi connectivity index (χ2v) is 2.99. The number of carbonyl (C=O) groups excluding carboxylic acids is 1. The van der Waals surface area contributed by atoms with E-state index in [1.165, 1.54) is 16.9 Å². The summed E-state index contributed by atoms with van der Waals surface area (Å²) in [6, 6.07) is 10.2. The Morgan fingerprint density at radius 2 is 2.00 bits per heavy atom. The van der Waals surface area contributed by atoms with Crippen LogP contribution in [0.2, 0.25) is 0 Å². The number of hydrogen-bond donors (Lipinski definition) is 0. The molecule has 80 valence electrons. The van der Waals surface area contributed by atoms with Gasteiger partial charge in [0.15, 0.2) is 5.75 Å². The maximum absolute atomic E-state index is 11.6. The van der Waals surface area contributed by atoms with E-state index in [9.17, 15) is 9.59 Å². The molecule has 0 bridgehead atoms. The lowest BCUT2D eigenvalue weighted by Gasteiger charge is -2.03. The largest absolute Gasteiger partial charge is 0.427 e. The van der Waals surface area contributed by atoms with E-state index in [1.807, 2.05) is 6.07 Å². The van der Waals surface area contributed by atoms with Crippen LogP contribution in [-0.4, -0.2) is 16.3 Å². The topological polar surface area (TPSA) is 61.2 Å². The van der Waals surface area contributed by atoms with Gasteiger partial charge in [-0.2, -0.15) is 9.78 Å². The third-order valence-corrected chi connectivity index (χ3v) is 1.96. The van der Waals surface area contributed by atoms with E-state index in [0.717, 1.165) is 0 Å². The first kappa shape index (κ1) is 10.1. The molecule has 0 aliphatic rings. The lowest BCUT2D eigenvalue weighted by atomic mass is 10.3. The summed E-state index contributed by atoms with van der Waals surface area (Å²) in [6.45, 7) is 0.253. The Labute approximate surface area is 90.9 Å². The van der Waals surface area contributed by atoms with Crippen molar-refractivity contribution in [1.29, 1.82) is 0 Å². The Kier molecular flexibility index (Phi) is 2.77. The van der Waals surface area contributed by atoms with Crippen LogP contribution < -0.4 is 10.3 Å². The molecule has 2 aromatic rings. The van der Waals surface area contributed by atoms with E-state index in [4.69, 9.17) is 0 Å². The van der Waals surface area contributed by atoms with E-state index in [0.29, 0.717) is 5.69 Å². The van der Waals surface area contributed by atoms with Crippen LogP contribution in [0.3, 0.4) is 0 Å². The molecule has 0 radical (unpaired) electrons. The summed E-state index contributed by atoms with van der Waals surface area (Å²) >= 11 is 0. The molecule has 0 saturated carbocycles. The zero-order valence-electron chi connectivity index (χ0n) is 8.24. The average Bonchev–Trinajstić information content (AvgIpc) is 2.31. The lowest BCUT2D eigenvalue weighted by Crippen LogP contribution is -2.19. The Balaban J connectivity index is 2.45. The Morgan fingerprint density at radius 3 is 2.62 bits per heavy atom. The Hall–Kier alpha value is -2.43. The van der Waals surface area contributed by atoms with Gasteiger partial charge in [-0.25, -0.2) is 0 Å². The van der Waals surface area contributed by atoms with Crippen molar-refractivity contribution in [2.75, 3.05) is 0 Å². The summed E-state index contributed by atoms with van der Waals surface area (Å²) in [7, 11) is 0. The number of nitrogens with zero attached hydrogens (tertiary/aromatic N) is 2. The van der Waals surface area contributed by atoms with Crippen LogP contribution in [0.5, 0.6) is 5.75 Å².